The van der Waals surface area contributed by atoms with Crippen LogP contribution >= 0.6 is 27.7 Å². The third-order valence-corrected chi connectivity index (χ3v) is 5.35. The molecule has 5 heteroatoms. The maximum Gasteiger partial charge on any atom is 0.254 e. The molecule has 1 saturated heterocycles. The van der Waals surface area contributed by atoms with Crippen molar-refractivity contribution in [1.29, 1.82) is 0 Å². The summed E-state index contributed by atoms with van der Waals surface area (Å²) in [7, 11) is 0. The number of rotatable bonds is 1. The normalized spacial score (nSPS) is 24.1. The number of phenols is 1. The second-order valence-corrected chi connectivity index (χ2v) is 6.82. The number of nitrogens with zero attached hydrogens (tertiary/aromatic N) is 1. The second kappa shape index (κ2) is 5.53. The van der Waals surface area contributed by atoms with Gasteiger partial charge in [-0.05, 0) is 41.1 Å². The molecular formula is C13H16BrNO2S. The Hall–Kier alpha value is -0.680. The van der Waals surface area contributed by atoms with Gasteiger partial charge in [0.05, 0.1) is 4.47 Å². The molecule has 0 saturated carbocycles. The van der Waals surface area contributed by atoms with Crippen LogP contribution in [0.1, 0.15) is 24.2 Å². The summed E-state index contributed by atoms with van der Waals surface area (Å²) in [5, 5.41) is 10.1. The SMILES string of the molecule is CC1SCCN(C(=O)c2ccc(Br)c(O)c2)C1C. The lowest BCUT2D eigenvalue weighted by atomic mass is 10.1. The molecular weight excluding hydrogens is 314 g/mol. The van der Waals surface area contributed by atoms with Crippen LogP contribution in [0, 0.1) is 0 Å². The summed E-state index contributed by atoms with van der Waals surface area (Å²) in [6, 6.07) is 5.19. The third kappa shape index (κ3) is 2.67. The van der Waals surface area contributed by atoms with Crippen molar-refractivity contribution >= 4 is 33.6 Å². The van der Waals surface area contributed by atoms with Gasteiger partial charge in [0.2, 0.25) is 0 Å². The quantitative estimate of drug-likeness (QED) is 0.860. The van der Waals surface area contributed by atoms with Gasteiger partial charge in [-0.25, -0.2) is 0 Å². The zero-order chi connectivity index (χ0) is 13.3. The molecule has 1 heterocycles. The zero-order valence-corrected chi connectivity index (χ0v) is 12.8. The molecule has 1 N–H and O–H groups in total. The number of aromatic hydroxyl groups is 1. The van der Waals surface area contributed by atoms with E-state index in [0.29, 0.717) is 15.3 Å². The van der Waals surface area contributed by atoms with Crippen LogP contribution in [0.3, 0.4) is 0 Å². The first kappa shape index (κ1) is 13.7. The molecule has 18 heavy (non-hydrogen) atoms. The number of hydrogen-bond donors (Lipinski definition) is 1. The Balaban J connectivity index is 2.22. The van der Waals surface area contributed by atoms with E-state index in [1.807, 2.05) is 16.7 Å². The van der Waals surface area contributed by atoms with E-state index in [1.54, 1.807) is 12.1 Å². The van der Waals surface area contributed by atoms with Crippen molar-refractivity contribution in [3.05, 3.63) is 28.2 Å². The first-order valence-electron chi connectivity index (χ1n) is 5.92. The Labute approximate surface area is 120 Å². The molecule has 0 aromatic heterocycles. The lowest BCUT2D eigenvalue weighted by Gasteiger charge is -2.37. The van der Waals surface area contributed by atoms with Crippen molar-refractivity contribution in [1.82, 2.24) is 4.90 Å². The first-order chi connectivity index (χ1) is 8.50. The maximum atomic E-state index is 12.4. The Morgan fingerprint density at radius 3 is 2.89 bits per heavy atom. The van der Waals surface area contributed by atoms with Gasteiger partial charge in [-0.15, -0.1) is 0 Å². The number of phenolic OH excluding ortho intramolecular Hbond substituents is 1. The van der Waals surface area contributed by atoms with Crippen LogP contribution in [0.15, 0.2) is 22.7 Å². The highest BCUT2D eigenvalue weighted by Crippen LogP contribution is 2.28. The van der Waals surface area contributed by atoms with Gasteiger partial charge in [0.15, 0.2) is 0 Å². The second-order valence-electron chi connectivity index (χ2n) is 4.48. The highest BCUT2D eigenvalue weighted by Gasteiger charge is 2.29. The van der Waals surface area contributed by atoms with Crippen molar-refractivity contribution in [3.63, 3.8) is 0 Å². The van der Waals surface area contributed by atoms with E-state index >= 15 is 0 Å². The fourth-order valence-corrected chi connectivity index (χ4v) is 3.38. The van der Waals surface area contributed by atoms with E-state index in [0.717, 1.165) is 12.3 Å². The average molecular weight is 330 g/mol. The van der Waals surface area contributed by atoms with E-state index in [9.17, 15) is 9.90 Å². The van der Waals surface area contributed by atoms with Gasteiger partial charge in [0.1, 0.15) is 5.75 Å². The summed E-state index contributed by atoms with van der Waals surface area (Å²) >= 11 is 5.12. The molecule has 2 unspecified atom stereocenters. The van der Waals surface area contributed by atoms with E-state index in [4.69, 9.17) is 0 Å². The summed E-state index contributed by atoms with van der Waals surface area (Å²) in [6.45, 7) is 4.99. The third-order valence-electron chi connectivity index (χ3n) is 3.34. The van der Waals surface area contributed by atoms with Crippen molar-refractivity contribution in [3.8, 4) is 5.75 Å². The minimum absolute atomic E-state index is 0.00236. The van der Waals surface area contributed by atoms with Crippen LogP contribution in [0.2, 0.25) is 0 Å². The number of halogens is 1. The highest BCUT2D eigenvalue weighted by atomic mass is 79.9. The molecule has 1 aliphatic heterocycles. The number of carbonyl (C=O) groups excluding carboxylic acids is 1. The molecule has 2 rings (SSSR count). The highest BCUT2D eigenvalue weighted by molar-refractivity contribution is 9.10. The molecule has 1 amide bonds. The number of carbonyl (C=O) groups is 1. The standard InChI is InChI=1S/C13H16BrNO2S/c1-8-9(2)18-6-5-15(8)13(17)10-3-4-11(14)12(16)7-10/h3-4,7-9,16H,5-6H2,1-2H3. The smallest absolute Gasteiger partial charge is 0.254 e. The van der Waals surface area contributed by atoms with Gasteiger partial charge < -0.3 is 10.0 Å². The molecule has 2 atom stereocenters. The summed E-state index contributed by atoms with van der Waals surface area (Å²) in [4.78, 5) is 14.3. The predicted molar refractivity (Wildman–Crippen MR) is 78.2 cm³/mol. The van der Waals surface area contributed by atoms with Crippen LogP contribution < -0.4 is 0 Å². The lowest BCUT2D eigenvalue weighted by Crippen LogP contribution is -2.47. The molecule has 0 radical (unpaired) electrons. The number of thioether (sulfide) groups is 1. The van der Waals surface area contributed by atoms with E-state index in [2.05, 4.69) is 29.8 Å². The van der Waals surface area contributed by atoms with Gasteiger partial charge in [-0.3, -0.25) is 4.79 Å². The van der Waals surface area contributed by atoms with E-state index < -0.39 is 0 Å². The van der Waals surface area contributed by atoms with Gasteiger partial charge >= 0.3 is 0 Å². The predicted octanol–water partition coefficient (Wildman–Crippen LogP) is 3.12. The Kier molecular flexibility index (Phi) is 4.22. The summed E-state index contributed by atoms with van der Waals surface area (Å²) < 4.78 is 0.606. The van der Waals surface area contributed by atoms with Crippen molar-refractivity contribution in [2.24, 2.45) is 0 Å². The van der Waals surface area contributed by atoms with Gasteiger partial charge in [0, 0.05) is 29.2 Å². The molecule has 0 aliphatic carbocycles. The molecule has 1 aromatic rings. The van der Waals surface area contributed by atoms with Gasteiger partial charge in [-0.2, -0.15) is 11.8 Å². The van der Waals surface area contributed by atoms with E-state index in [-0.39, 0.29) is 17.7 Å². The Bertz CT molecular complexity index is 466. The topological polar surface area (TPSA) is 40.5 Å². The van der Waals surface area contributed by atoms with Crippen LogP contribution in [0.4, 0.5) is 0 Å². The minimum Gasteiger partial charge on any atom is -0.507 e. The first-order valence-corrected chi connectivity index (χ1v) is 7.76. The van der Waals surface area contributed by atoms with Crippen molar-refractivity contribution in [2.75, 3.05) is 12.3 Å². The fourth-order valence-electron chi connectivity index (χ4n) is 2.03. The number of amides is 1. The number of hydrogen-bond acceptors (Lipinski definition) is 3. The molecule has 1 fully saturated rings. The monoisotopic (exact) mass is 329 g/mol. The van der Waals surface area contributed by atoms with Crippen LogP contribution in [-0.4, -0.2) is 39.5 Å². The van der Waals surface area contributed by atoms with Crippen molar-refractivity contribution < 1.29 is 9.90 Å². The molecule has 0 spiro atoms. The zero-order valence-electron chi connectivity index (χ0n) is 10.4. The van der Waals surface area contributed by atoms with E-state index in [1.165, 1.54) is 6.07 Å². The largest absolute Gasteiger partial charge is 0.507 e. The fraction of sp³-hybridized carbons (Fsp3) is 0.462. The summed E-state index contributed by atoms with van der Waals surface area (Å²) in [5.74, 6) is 1.07. The molecule has 98 valence electrons. The van der Waals surface area contributed by atoms with Gasteiger partial charge in [0.25, 0.3) is 5.91 Å². The van der Waals surface area contributed by atoms with Gasteiger partial charge in [-0.1, -0.05) is 6.92 Å². The molecule has 1 aliphatic rings. The Morgan fingerprint density at radius 1 is 1.50 bits per heavy atom. The van der Waals surface area contributed by atoms with Crippen LogP contribution in [0.25, 0.3) is 0 Å². The van der Waals surface area contributed by atoms with Crippen LogP contribution in [-0.2, 0) is 0 Å². The molecule has 3 nitrogen and oxygen atoms in total. The minimum atomic E-state index is -0.00236. The van der Waals surface area contributed by atoms with Crippen molar-refractivity contribution in [2.45, 2.75) is 25.1 Å². The summed E-state index contributed by atoms with van der Waals surface area (Å²) in [6.07, 6.45) is 0. The van der Waals surface area contributed by atoms with Crippen LogP contribution in [0.5, 0.6) is 5.75 Å². The maximum absolute atomic E-state index is 12.4. The molecule has 0 bridgehead atoms. The molecule has 1 aromatic carbocycles. The number of benzene rings is 1. The summed E-state index contributed by atoms with van der Waals surface area (Å²) in [5.41, 5.74) is 0.543. The Morgan fingerprint density at radius 2 is 2.22 bits per heavy atom. The lowest BCUT2D eigenvalue weighted by molar-refractivity contribution is 0.0697. The average Bonchev–Trinajstić information content (AvgIpc) is 2.35.